The van der Waals surface area contributed by atoms with Crippen molar-refractivity contribution in [1.29, 1.82) is 0 Å². The molecule has 24 heavy (non-hydrogen) atoms. The molecule has 126 valence electrons. The van der Waals surface area contributed by atoms with Crippen molar-refractivity contribution in [3.8, 4) is 5.69 Å². The quantitative estimate of drug-likeness (QED) is 0.867. The maximum Gasteiger partial charge on any atom is 0.318 e. The number of urea groups is 1. The number of aromatic nitrogens is 3. The van der Waals surface area contributed by atoms with Crippen LogP contribution in [-0.4, -0.2) is 50.7 Å². The van der Waals surface area contributed by atoms with Gasteiger partial charge in [0, 0.05) is 13.1 Å². The highest BCUT2D eigenvalue weighted by molar-refractivity contribution is 5.87. The summed E-state index contributed by atoms with van der Waals surface area (Å²) < 4.78 is 1.68. The normalized spacial score (nSPS) is 18.0. The summed E-state index contributed by atoms with van der Waals surface area (Å²) in [6.45, 7) is 3.09. The Hall–Kier alpha value is -2.90. The van der Waals surface area contributed by atoms with Crippen molar-refractivity contribution in [2.75, 3.05) is 13.1 Å². The van der Waals surface area contributed by atoms with E-state index in [1.165, 1.54) is 6.33 Å². The SMILES string of the molecule is CC1C(=O)NCCCN1C(=O)NCc1ncnn1-c1ccccc1. The molecule has 1 atom stereocenters. The highest BCUT2D eigenvalue weighted by Gasteiger charge is 2.27. The first-order valence-corrected chi connectivity index (χ1v) is 7.93. The Morgan fingerprint density at radius 2 is 2.17 bits per heavy atom. The minimum absolute atomic E-state index is 0.130. The molecule has 1 aliphatic heterocycles. The highest BCUT2D eigenvalue weighted by Crippen LogP contribution is 2.09. The molecule has 8 nitrogen and oxygen atoms in total. The summed E-state index contributed by atoms with van der Waals surface area (Å²) in [5, 5.41) is 9.82. The lowest BCUT2D eigenvalue weighted by Gasteiger charge is -2.25. The summed E-state index contributed by atoms with van der Waals surface area (Å²) in [5.74, 6) is 0.497. The largest absolute Gasteiger partial charge is 0.354 e. The average molecular weight is 328 g/mol. The van der Waals surface area contributed by atoms with Crippen LogP contribution in [0.15, 0.2) is 36.7 Å². The van der Waals surface area contributed by atoms with Gasteiger partial charge in [0.1, 0.15) is 12.4 Å². The van der Waals surface area contributed by atoms with Crippen molar-refractivity contribution >= 4 is 11.9 Å². The third-order valence-corrected chi connectivity index (χ3v) is 4.00. The average Bonchev–Trinajstić information content (AvgIpc) is 3.01. The molecule has 3 rings (SSSR count). The molecule has 1 aromatic heterocycles. The molecule has 1 aliphatic rings. The second-order valence-electron chi connectivity index (χ2n) is 5.60. The van der Waals surface area contributed by atoms with Crippen LogP contribution in [0, 0.1) is 0 Å². The van der Waals surface area contributed by atoms with Gasteiger partial charge in [-0.05, 0) is 25.5 Å². The Labute approximate surface area is 139 Å². The molecular weight excluding hydrogens is 308 g/mol. The Morgan fingerprint density at radius 1 is 1.38 bits per heavy atom. The lowest BCUT2D eigenvalue weighted by atomic mass is 10.3. The summed E-state index contributed by atoms with van der Waals surface area (Å²) in [4.78, 5) is 30.0. The van der Waals surface area contributed by atoms with Crippen LogP contribution in [0.5, 0.6) is 0 Å². The van der Waals surface area contributed by atoms with E-state index in [1.807, 2.05) is 30.3 Å². The lowest BCUT2D eigenvalue weighted by molar-refractivity contribution is -0.124. The standard InChI is InChI=1S/C16H20N6O2/c1-12-15(23)17-8-5-9-21(12)16(24)18-10-14-19-11-20-22(14)13-6-3-2-4-7-13/h2-4,6-7,11-12H,5,8-10H2,1H3,(H,17,23)(H,18,24). The molecule has 1 saturated heterocycles. The van der Waals surface area contributed by atoms with Crippen molar-refractivity contribution in [3.63, 3.8) is 0 Å². The van der Waals surface area contributed by atoms with Crippen LogP contribution in [0.3, 0.4) is 0 Å². The Morgan fingerprint density at radius 3 is 2.96 bits per heavy atom. The molecule has 1 aromatic carbocycles. The minimum atomic E-state index is -0.487. The molecule has 0 aliphatic carbocycles. The Balaban J connectivity index is 1.67. The Bertz CT molecular complexity index is 714. The molecule has 3 amide bonds. The molecule has 0 spiro atoms. The highest BCUT2D eigenvalue weighted by atomic mass is 16.2. The number of benzene rings is 1. The van der Waals surface area contributed by atoms with Crippen LogP contribution in [0.25, 0.3) is 5.69 Å². The van der Waals surface area contributed by atoms with Gasteiger partial charge in [-0.25, -0.2) is 14.5 Å². The monoisotopic (exact) mass is 328 g/mol. The number of carbonyl (C=O) groups excluding carboxylic acids is 2. The van der Waals surface area contributed by atoms with Crippen molar-refractivity contribution in [2.24, 2.45) is 0 Å². The molecule has 1 fully saturated rings. The summed E-state index contributed by atoms with van der Waals surface area (Å²) in [5.41, 5.74) is 0.877. The molecule has 2 heterocycles. The molecule has 2 aromatic rings. The van der Waals surface area contributed by atoms with E-state index in [0.29, 0.717) is 18.9 Å². The van der Waals surface area contributed by atoms with Crippen LogP contribution in [-0.2, 0) is 11.3 Å². The fourth-order valence-electron chi connectivity index (χ4n) is 2.65. The number of nitrogens with zero attached hydrogens (tertiary/aromatic N) is 4. The van der Waals surface area contributed by atoms with Crippen LogP contribution in [0.1, 0.15) is 19.2 Å². The molecule has 2 N–H and O–H groups in total. The number of carbonyl (C=O) groups is 2. The number of nitrogens with one attached hydrogen (secondary N) is 2. The third kappa shape index (κ3) is 3.37. The van der Waals surface area contributed by atoms with Gasteiger partial charge in [0.15, 0.2) is 5.82 Å². The topological polar surface area (TPSA) is 92.2 Å². The van der Waals surface area contributed by atoms with Gasteiger partial charge < -0.3 is 15.5 Å². The van der Waals surface area contributed by atoms with E-state index >= 15 is 0 Å². The first-order valence-electron chi connectivity index (χ1n) is 7.93. The molecule has 8 heteroatoms. The zero-order valence-electron chi connectivity index (χ0n) is 13.5. The first kappa shape index (κ1) is 16.0. The van der Waals surface area contributed by atoms with Gasteiger partial charge in [0.2, 0.25) is 5.91 Å². The van der Waals surface area contributed by atoms with Gasteiger partial charge in [-0.2, -0.15) is 5.10 Å². The van der Waals surface area contributed by atoms with E-state index in [4.69, 9.17) is 0 Å². The summed E-state index contributed by atoms with van der Waals surface area (Å²) in [7, 11) is 0. The van der Waals surface area contributed by atoms with E-state index in [2.05, 4.69) is 20.7 Å². The van der Waals surface area contributed by atoms with Crippen LogP contribution in [0.2, 0.25) is 0 Å². The molecular formula is C16H20N6O2. The van der Waals surface area contributed by atoms with Gasteiger partial charge >= 0.3 is 6.03 Å². The number of hydrogen-bond donors (Lipinski definition) is 2. The van der Waals surface area contributed by atoms with Gasteiger partial charge in [-0.3, -0.25) is 4.79 Å². The molecule has 1 unspecified atom stereocenters. The van der Waals surface area contributed by atoms with Gasteiger partial charge in [-0.1, -0.05) is 18.2 Å². The predicted octanol–water partition coefficient (Wildman–Crippen LogP) is 0.687. The minimum Gasteiger partial charge on any atom is -0.354 e. The fourth-order valence-corrected chi connectivity index (χ4v) is 2.65. The number of rotatable bonds is 3. The Kier molecular flexibility index (Phi) is 4.74. The van der Waals surface area contributed by atoms with E-state index in [9.17, 15) is 9.59 Å². The third-order valence-electron chi connectivity index (χ3n) is 4.00. The second kappa shape index (κ2) is 7.12. The molecule has 0 bridgehead atoms. The smallest absolute Gasteiger partial charge is 0.318 e. The number of amides is 3. The predicted molar refractivity (Wildman–Crippen MR) is 87.4 cm³/mol. The van der Waals surface area contributed by atoms with E-state index in [1.54, 1.807) is 16.5 Å². The molecule has 0 radical (unpaired) electrons. The molecule has 0 saturated carbocycles. The van der Waals surface area contributed by atoms with Crippen molar-refractivity contribution in [3.05, 3.63) is 42.5 Å². The van der Waals surface area contributed by atoms with Crippen LogP contribution >= 0.6 is 0 Å². The summed E-state index contributed by atoms with van der Waals surface area (Å²) >= 11 is 0. The summed E-state index contributed by atoms with van der Waals surface area (Å²) in [6, 6.07) is 8.82. The van der Waals surface area contributed by atoms with Crippen molar-refractivity contribution < 1.29 is 9.59 Å². The zero-order chi connectivity index (χ0) is 16.9. The van der Waals surface area contributed by atoms with E-state index in [-0.39, 0.29) is 18.5 Å². The van der Waals surface area contributed by atoms with Gasteiger partial charge in [0.05, 0.1) is 12.2 Å². The maximum absolute atomic E-state index is 12.4. The number of para-hydroxylation sites is 1. The summed E-state index contributed by atoms with van der Waals surface area (Å²) in [6.07, 6.45) is 2.19. The second-order valence-corrected chi connectivity index (χ2v) is 5.60. The lowest BCUT2D eigenvalue weighted by Crippen LogP contribution is -2.49. The maximum atomic E-state index is 12.4. The van der Waals surface area contributed by atoms with E-state index < -0.39 is 6.04 Å². The van der Waals surface area contributed by atoms with E-state index in [0.717, 1.165) is 12.1 Å². The van der Waals surface area contributed by atoms with Crippen molar-refractivity contribution in [1.82, 2.24) is 30.3 Å². The zero-order valence-corrected chi connectivity index (χ0v) is 13.5. The first-order chi connectivity index (χ1) is 11.7. The van der Waals surface area contributed by atoms with Crippen LogP contribution < -0.4 is 10.6 Å². The fraction of sp³-hybridized carbons (Fsp3) is 0.375. The van der Waals surface area contributed by atoms with Crippen LogP contribution in [0.4, 0.5) is 4.79 Å². The van der Waals surface area contributed by atoms with Crippen molar-refractivity contribution in [2.45, 2.75) is 25.9 Å². The number of hydrogen-bond acceptors (Lipinski definition) is 4. The van der Waals surface area contributed by atoms with Gasteiger partial charge in [0.25, 0.3) is 0 Å². The van der Waals surface area contributed by atoms with Gasteiger partial charge in [-0.15, -0.1) is 0 Å².